The van der Waals surface area contributed by atoms with Gasteiger partial charge in [0, 0.05) is 5.56 Å². The Hall–Kier alpha value is -2.89. The summed E-state index contributed by atoms with van der Waals surface area (Å²) in [4.78, 5) is 24.2. The molecule has 0 saturated carbocycles. The summed E-state index contributed by atoms with van der Waals surface area (Å²) in [6, 6.07) is 14.3. The molecule has 0 fully saturated rings. The largest absolute Gasteiger partial charge is 0.450 e. The zero-order valence-corrected chi connectivity index (χ0v) is 12.6. The van der Waals surface area contributed by atoms with Gasteiger partial charge < -0.3 is 10.1 Å². The van der Waals surface area contributed by atoms with Crippen LogP contribution in [0.15, 0.2) is 54.6 Å². The van der Waals surface area contributed by atoms with E-state index in [9.17, 15) is 14.0 Å². The van der Waals surface area contributed by atoms with Gasteiger partial charge >= 0.3 is 6.09 Å². The number of rotatable bonds is 6. The second kappa shape index (κ2) is 7.93. The summed E-state index contributed by atoms with van der Waals surface area (Å²) >= 11 is 0. The van der Waals surface area contributed by atoms with Crippen molar-refractivity contribution >= 4 is 17.6 Å². The quantitative estimate of drug-likeness (QED) is 0.634. The van der Waals surface area contributed by atoms with Gasteiger partial charge in [-0.05, 0) is 19.1 Å². The minimum Gasteiger partial charge on any atom is -0.450 e. The first-order valence-electron chi connectivity index (χ1n) is 7.15. The van der Waals surface area contributed by atoms with Crippen molar-refractivity contribution in [3.05, 3.63) is 66.0 Å². The van der Waals surface area contributed by atoms with Gasteiger partial charge in [0.1, 0.15) is 5.82 Å². The van der Waals surface area contributed by atoms with Crippen molar-refractivity contribution in [1.82, 2.24) is 5.32 Å². The van der Waals surface area contributed by atoms with Crippen molar-refractivity contribution in [3.63, 3.8) is 0 Å². The van der Waals surface area contributed by atoms with Crippen LogP contribution in [0.4, 0.5) is 14.9 Å². The van der Waals surface area contributed by atoms with Crippen LogP contribution < -0.4 is 10.6 Å². The molecule has 0 saturated heterocycles. The average Bonchev–Trinajstić information content (AvgIpc) is 2.56. The molecule has 1 amide bonds. The molecule has 2 N–H and O–H groups in total. The number of carbonyl (C=O) groups is 2. The molecule has 120 valence electrons. The molecule has 1 atom stereocenters. The van der Waals surface area contributed by atoms with Crippen molar-refractivity contribution < 1.29 is 18.7 Å². The van der Waals surface area contributed by atoms with E-state index in [4.69, 9.17) is 4.74 Å². The van der Waals surface area contributed by atoms with E-state index in [1.54, 1.807) is 43.3 Å². The standard InChI is InChI=1S/C17H17FN2O3/c1-2-23-17(22)20-16(15(21)12-8-4-3-5-9-12)19-14-11-7-6-10-13(14)18/h3-11,16,19H,2H2,1H3,(H,20,22)/t16-/m1/s1. The van der Waals surface area contributed by atoms with Gasteiger partial charge in [-0.15, -0.1) is 0 Å². The number of para-hydroxylation sites is 1. The molecule has 5 nitrogen and oxygen atoms in total. The topological polar surface area (TPSA) is 67.4 Å². The first kappa shape index (κ1) is 16.5. The third-order valence-electron chi connectivity index (χ3n) is 3.03. The third kappa shape index (κ3) is 4.54. The molecule has 2 aromatic carbocycles. The number of amides is 1. The molecule has 2 rings (SSSR count). The molecule has 6 heteroatoms. The van der Waals surface area contributed by atoms with Crippen LogP contribution in [0.3, 0.4) is 0 Å². The number of anilines is 1. The molecule has 2 aromatic rings. The fraction of sp³-hybridized carbons (Fsp3) is 0.176. The Balaban J connectivity index is 2.23. The Kier molecular flexibility index (Phi) is 5.68. The first-order valence-corrected chi connectivity index (χ1v) is 7.15. The Morgan fingerprint density at radius 2 is 1.74 bits per heavy atom. The Morgan fingerprint density at radius 1 is 1.09 bits per heavy atom. The highest BCUT2D eigenvalue weighted by molar-refractivity contribution is 6.02. The van der Waals surface area contributed by atoms with E-state index < -0.39 is 23.9 Å². The molecular weight excluding hydrogens is 299 g/mol. The highest BCUT2D eigenvalue weighted by Gasteiger charge is 2.23. The Morgan fingerprint density at radius 3 is 2.39 bits per heavy atom. The van der Waals surface area contributed by atoms with Gasteiger partial charge in [-0.2, -0.15) is 0 Å². The molecule has 23 heavy (non-hydrogen) atoms. The van der Waals surface area contributed by atoms with Crippen LogP contribution in [0.2, 0.25) is 0 Å². The van der Waals surface area contributed by atoms with E-state index in [0.29, 0.717) is 5.56 Å². The average molecular weight is 316 g/mol. The van der Waals surface area contributed by atoms with Gasteiger partial charge in [-0.1, -0.05) is 42.5 Å². The molecule has 0 aliphatic rings. The predicted octanol–water partition coefficient (Wildman–Crippen LogP) is 3.19. The van der Waals surface area contributed by atoms with Crippen LogP contribution in [0.5, 0.6) is 0 Å². The van der Waals surface area contributed by atoms with E-state index >= 15 is 0 Å². The van der Waals surface area contributed by atoms with Gasteiger partial charge in [-0.3, -0.25) is 10.1 Å². The number of ketones is 1. The highest BCUT2D eigenvalue weighted by atomic mass is 19.1. The number of nitrogens with one attached hydrogen (secondary N) is 2. The fourth-order valence-corrected chi connectivity index (χ4v) is 1.96. The fourth-order valence-electron chi connectivity index (χ4n) is 1.96. The molecule has 0 spiro atoms. The smallest absolute Gasteiger partial charge is 0.409 e. The number of hydrogen-bond acceptors (Lipinski definition) is 4. The molecule has 0 bridgehead atoms. The number of hydrogen-bond donors (Lipinski definition) is 2. The Bertz CT molecular complexity index is 677. The van der Waals surface area contributed by atoms with E-state index in [0.717, 1.165) is 0 Å². The van der Waals surface area contributed by atoms with Gasteiger partial charge in [-0.25, -0.2) is 9.18 Å². The van der Waals surface area contributed by atoms with Crippen molar-refractivity contribution in [3.8, 4) is 0 Å². The summed E-state index contributed by atoms with van der Waals surface area (Å²) in [6.07, 6.45) is -1.90. The van der Waals surface area contributed by atoms with Crippen molar-refractivity contribution in [1.29, 1.82) is 0 Å². The minimum absolute atomic E-state index is 0.110. The zero-order valence-electron chi connectivity index (χ0n) is 12.6. The van der Waals surface area contributed by atoms with Crippen molar-refractivity contribution in [2.75, 3.05) is 11.9 Å². The highest BCUT2D eigenvalue weighted by Crippen LogP contribution is 2.15. The second-order valence-electron chi connectivity index (χ2n) is 4.65. The van der Waals surface area contributed by atoms with Gasteiger partial charge in [0.2, 0.25) is 5.78 Å². The monoisotopic (exact) mass is 316 g/mol. The van der Waals surface area contributed by atoms with Crippen molar-refractivity contribution in [2.45, 2.75) is 13.1 Å². The van der Waals surface area contributed by atoms with Crippen LogP contribution in [-0.2, 0) is 4.74 Å². The first-order chi connectivity index (χ1) is 11.1. The lowest BCUT2D eigenvalue weighted by Gasteiger charge is -2.20. The number of carbonyl (C=O) groups excluding carboxylic acids is 2. The number of halogens is 1. The van der Waals surface area contributed by atoms with Crippen LogP contribution >= 0.6 is 0 Å². The van der Waals surface area contributed by atoms with Crippen LogP contribution in [0.25, 0.3) is 0 Å². The van der Waals surface area contributed by atoms with E-state index in [2.05, 4.69) is 10.6 Å². The number of benzene rings is 2. The molecule has 0 aliphatic heterocycles. The lowest BCUT2D eigenvalue weighted by molar-refractivity contribution is 0.0938. The maximum absolute atomic E-state index is 13.8. The lowest BCUT2D eigenvalue weighted by atomic mass is 10.1. The SMILES string of the molecule is CCOC(=O)N[C@@H](Nc1ccccc1F)C(=O)c1ccccc1. The third-order valence-corrected chi connectivity index (χ3v) is 3.03. The van der Waals surface area contributed by atoms with Crippen LogP contribution in [-0.4, -0.2) is 24.6 Å². The minimum atomic E-state index is -1.15. The van der Waals surface area contributed by atoms with Crippen molar-refractivity contribution in [2.24, 2.45) is 0 Å². The van der Waals surface area contributed by atoms with E-state index in [1.165, 1.54) is 18.2 Å². The van der Waals surface area contributed by atoms with Gasteiger partial charge in [0.15, 0.2) is 6.17 Å². The summed E-state index contributed by atoms with van der Waals surface area (Å²) < 4.78 is 18.6. The molecule has 0 radical (unpaired) electrons. The molecule has 0 unspecified atom stereocenters. The number of Topliss-reactive ketones (excluding diaryl/α,β-unsaturated/α-hetero) is 1. The summed E-state index contributed by atoms with van der Waals surface area (Å²) in [5.41, 5.74) is 0.497. The lowest BCUT2D eigenvalue weighted by Crippen LogP contribution is -2.46. The molecule has 0 aliphatic carbocycles. The van der Waals surface area contributed by atoms with Gasteiger partial charge in [0.05, 0.1) is 12.3 Å². The summed E-state index contributed by atoms with van der Waals surface area (Å²) in [6.45, 7) is 1.82. The maximum atomic E-state index is 13.8. The second-order valence-corrected chi connectivity index (χ2v) is 4.65. The van der Waals surface area contributed by atoms with Crippen LogP contribution in [0, 0.1) is 5.82 Å². The normalized spacial score (nSPS) is 11.4. The van der Waals surface area contributed by atoms with E-state index in [-0.39, 0.29) is 12.3 Å². The maximum Gasteiger partial charge on any atom is 0.409 e. The summed E-state index contributed by atoms with van der Waals surface area (Å²) in [5, 5.41) is 5.10. The molecule has 0 aromatic heterocycles. The predicted molar refractivity (Wildman–Crippen MR) is 84.7 cm³/mol. The number of alkyl carbamates (subject to hydrolysis) is 1. The molecular formula is C17H17FN2O3. The van der Waals surface area contributed by atoms with Gasteiger partial charge in [0.25, 0.3) is 0 Å². The van der Waals surface area contributed by atoms with Crippen LogP contribution in [0.1, 0.15) is 17.3 Å². The van der Waals surface area contributed by atoms with E-state index in [1.807, 2.05) is 0 Å². The zero-order chi connectivity index (χ0) is 16.7. The summed E-state index contributed by atoms with van der Waals surface area (Å²) in [7, 11) is 0. The number of ether oxygens (including phenoxy) is 1. The Labute approximate surface area is 133 Å². The summed E-state index contributed by atoms with van der Waals surface area (Å²) in [5.74, 6) is -0.925. The molecule has 0 heterocycles.